The Morgan fingerprint density at radius 2 is 2.14 bits per heavy atom. The normalized spacial score (nSPS) is 20.8. The van der Waals surface area contributed by atoms with Gasteiger partial charge in [0.25, 0.3) is 5.91 Å². The maximum absolute atomic E-state index is 12.5. The SMILES string of the molecule is CC(C)(CO)CC(=O)N1CCC2(CC1)CC2CNC(=O)c1cc2cnccc2[nH]1. The Labute approximate surface area is 170 Å². The van der Waals surface area contributed by atoms with Crippen LogP contribution in [-0.2, 0) is 4.79 Å². The molecule has 2 aromatic rings. The van der Waals surface area contributed by atoms with E-state index in [1.807, 2.05) is 30.9 Å². The lowest BCUT2D eigenvalue weighted by atomic mass is 9.87. The zero-order valence-electron chi connectivity index (χ0n) is 17.2. The second kappa shape index (κ2) is 7.44. The number of likely N-dealkylation sites (tertiary alicyclic amines) is 1. The Kier molecular flexibility index (Phi) is 5.11. The predicted octanol–water partition coefficient (Wildman–Crippen LogP) is 2.33. The van der Waals surface area contributed by atoms with Crippen molar-refractivity contribution in [2.75, 3.05) is 26.2 Å². The van der Waals surface area contributed by atoms with Crippen LogP contribution in [0, 0.1) is 16.7 Å². The summed E-state index contributed by atoms with van der Waals surface area (Å²) in [6.45, 7) is 6.09. The number of aliphatic hydroxyl groups is 1. The minimum absolute atomic E-state index is 0.0190. The third kappa shape index (κ3) is 4.15. The summed E-state index contributed by atoms with van der Waals surface area (Å²) in [5.74, 6) is 0.545. The van der Waals surface area contributed by atoms with E-state index in [4.69, 9.17) is 0 Å². The lowest BCUT2D eigenvalue weighted by Crippen LogP contribution is -2.42. The average molecular weight is 399 g/mol. The van der Waals surface area contributed by atoms with Crippen molar-refractivity contribution in [2.24, 2.45) is 16.7 Å². The van der Waals surface area contributed by atoms with Gasteiger partial charge in [-0.15, -0.1) is 0 Å². The van der Waals surface area contributed by atoms with E-state index in [0.29, 0.717) is 24.6 Å². The maximum Gasteiger partial charge on any atom is 0.267 e. The van der Waals surface area contributed by atoms with E-state index >= 15 is 0 Å². The van der Waals surface area contributed by atoms with Crippen molar-refractivity contribution in [3.63, 3.8) is 0 Å². The largest absolute Gasteiger partial charge is 0.396 e. The first-order valence-corrected chi connectivity index (χ1v) is 10.4. The van der Waals surface area contributed by atoms with Gasteiger partial charge < -0.3 is 20.3 Å². The van der Waals surface area contributed by atoms with Crippen LogP contribution in [0.1, 0.15) is 50.0 Å². The van der Waals surface area contributed by atoms with Gasteiger partial charge in [-0.2, -0.15) is 0 Å². The highest BCUT2D eigenvalue weighted by molar-refractivity contribution is 5.97. The number of hydrogen-bond donors (Lipinski definition) is 3. The molecule has 29 heavy (non-hydrogen) atoms. The Morgan fingerprint density at radius 3 is 2.83 bits per heavy atom. The zero-order valence-corrected chi connectivity index (χ0v) is 17.2. The van der Waals surface area contributed by atoms with Gasteiger partial charge in [0.15, 0.2) is 0 Å². The van der Waals surface area contributed by atoms with Gasteiger partial charge in [0, 0.05) is 56.0 Å². The predicted molar refractivity (Wildman–Crippen MR) is 110 cm³/mol. The summed E-state index contributed by atoms with van der Waals surface area (Å²) in [4.78, 5) is 34.1. The van der Waals surface area contributed by atoms with Gasteiger partial charge in [-0.25, -0.2) is 0 Å². The number of hydrogen-bond acceptors (Lipinski definition) is 4. The molecule has 4 rings (SSSR count). The summed E-state index contributed by atoms with van der Waals surface area (Å²) in [6.07, 6.45) is 6.95. The van der Waals surface area contributed by atoms with Crippen LogP contribution in [0.15, 0.2) is 24.5 Å². The number of carbonyl (C=O) groups is 2. The molecule has 1 unspecified atom stereocenters. The molecule has 2 aliphatic rings. The zero-order chi connectivity index (χ0) is 20.6. The van der Waals surface area contributed by atoms with Crippen LogP contribution in [-0.4, -0.2) is 58.0 Å². The molecule has 1 atom stereocenters. The van der Waals surface area contributed by atoms with Crippen molar-refractivity contribution in [2.45, 2.75) is 39.5 Å². The highest BCUT2D eigenvalue weighted by Crippen LogP contribution is 2.59. The fraction of sp³-hybridized carbons (Fsp3) is 0.591. The number of pyridine rings is 1. The number of aromatic amines is 1. The van der Waals surface area contributed by atoms with Crippen LogP contribution < -0.4 is 5.32 Å². The van der Waals surface area contributed by atoms with E-state index in [1.54, 1.807) is 12.4 Å². The van der Waals surface area contributed by atoms with E-state index in [2.05, 4.69) is 15.3 Å². The number of nitrogens with one attached hydrogen (secondary N) is 2. The third-order valence-corrected chi connectivity index (χ3v) is 6.70. The monoisotopic (exact) mass is 398 g/mol. The number of nitrogens with zero attached hydrogens (tertiary/aromatic N) is 2. The number of amides is 2. The molecule has 1 saturated heterocycles. The van der Waals surface area contributed by atoms with E-state index in [0.717, 1.165) is 43.3 Å². The van der Waals surface area contributed by atoms with E-state index in [9.17, 15) is 14.7 Å². The van der Waals surface area contributed by atoms with Crippen LogP contribution in [0.3, 0.4) is 0 Å². The molecule has 1 aliphatic carbocycles. The molecule has 2 amide bonds. The van der Waals surface area contributed by atoms with Gasteiger partial charge in [-0.1, -0.05) is 13.8 Å². The first kappa shape index (κ1) is 19.9. The fourth-order valence-corrected chi connectivity index (χ4v) is 4.52. The van der Waals surface area contributed by atoms with E-state index < -0.39 is 0 Å². The Bertz CT molecular complexity index is 879. The van der Waals surface area contributed by atoms with E-state index in [1.165, 1.54) is 0 Å². The maximum atomic E-state index is 12.5. The van der Waals surface area contributed by atoms with Crippen molar-refractivity contribution in [1.29, 1.82) is 0 Å². The standard InChI is InChI=1S/C22H30N4O3/c1-21(2,14-27)11-19(28)26-7-4-22(5-8-26)10-16(22)13-24-20(29)18-9-15-12-23-6-3-17(15)25-18/h3,6,9,12,16,25,27H,4-5,7-8,10-11,13-14H2,1-2H3,(H,24,29). The van der Waals surface area contributed by atoms with Gasteiger partial charge in [-0.05, 0) is 48.1 Å². The number of aromatic nitrogens is 2. The van der Waals surface area contributed by atoms with Gasteiger partial charge in [0.2, 0.25) is 5.91 Å². The summed E-state index contributed by atoms with van der Waals surface area (Å²) in [7, 11) is 0. The molecule has 7 nitrogen and oxygen atoms in total. The van der Waals surface area contributed by atoms with Crippen molar-refractivity contribution in [1.82, 2.24) is 20.2 Å². The summed E-state index contributed by atoms with van der Waals surface area (Å²) in [5, 5.41) is 13.4. The van der Waals surface area contributed by atoms with Crippen LogP contribution in [0.5, 0.6) is 0 Å². The molecule has 7 heteroatoms. The van der Waals surface area contributed by atoms with Gasteiger partial charge in [0.1, 0.15) is 5.69 Å². The minimum Gasteiger partial charge on any atom is -0.396 e. The molecule has 1 saturated carbocycles. The first-order chi connectivity index (χ1) is 13.8. The smallest absolute Gasteiger partial charge is 0.267 e. The summed E-state index contributed by atoms with van der Waals surface area (Å²) < 4.78 is 0. The molecule has 3 N–H and O–H groups in total. The average Bonchev–Trinajstić information content (AvgIpc) is 3.18. The van der Waals surface area contributed by atoms with E-state index in [-0.39, 0.29) is 29.3 Å². The molecule has 156 valence electrons. The van der Waals surface area contributed by atoms with Crippen LogP contribution in [0.4, 0.5) is 0 Å². The molecule has 3 heterocycles. The molecule has 1 spiro atoms. The number of carbonyl (C=O) groups excluding carboxylic acids is 2. The number of H-pyrrole nitrogens is 1. The number of rotatable bonds is 6. The minimum atomic E-state index is -0.364. The van der Waals surface area contributed by atoms with Gasteiger partial charge >= 0.3 is 0 Å². The van der Waals surface area contributed by atoms with Crippen LogP contribution >= 0.6 is 0 Å². The molecule has 2 aromatic heterocycles. The molecule has 0 radical (unpaired) electrons. The molecule has 2 fully saturated rings. The molecule has 0 aromatic carbocycles. The van der Waals surface area contributed by atoms with Gasteiger partial charge in [0.05, 0.1) is 0 Å². The summed E-state index contributed by atoms with van der Waals surface area (Å²) >= 11 is 0. The molecular weight excluding hydrogens is 368 g/mol. The molecule has 0 bridgehead atoms. The molecule has 1 aliphatic heterocycles. The van der Waals surface area contributed by atoms with Crippen molar-refractivity contribution >= 4 is 22.7 Å². The highest BCUT2D eigenvalue weighted by atomic mass is 16.3. The molecular formula is C22H30N4O3. The quantitative estimate of drug-likeness (QED) is 0.695. The highest BCUT2D eigenvalue weighted by Gasteiger charge is 2.54. The van der Waals surface area contributed by atoms with Gasteiger partial charge in [-0.3, -0.25) is 14.6 Å². The van der Waals surface area contributed by atoms with Crippen LogP contribution in [0.2, 0.25) is 0 Å². The summed E-state index contributed by atoms with van der Waals surface area (Å²) in [6, 6.07) is 3.69. The van der Waals surface area contributed by atoms with Crippen molar-refractivity contribution in [3.8, 4) is 0 Å². The van der Waals surface area contributed by atoms with Crippen molar-refractivity contribution in [3.05, 3.63) is 30.2 Å². The number of piperidine rings is 1. The lowest BCUT2D eigenvalue weighted by molar-refractivity contribution is -0.135. The second-order valence-electron chi connectivity index (χ2n) is 9.50. The Balaban J connectivity index is 1.25. The Hall–Kier alpha value is -2.41. The number of fused-ring (bicyclic) bond motifs is 1. The Morgan fingerprint density at radius 1 is 1.38 bits per heavy atom. The lowest BCUT2D eigenvalue weighted by Gasteiger charge is -2.35. The first-order valence-electron chi connectivity index (χ1n) is 10.4. The van der Waals surface area contributed by atoms with Crippen LogP contribution in [0.25, 0.3) is 10.9 Å². The third-order valence-electron chi connectivity index (χ3n) is 6.70. The second-order valence-corrected chi connectivity index (χ2v) is 9.50. The number of aliphatic hydroxyl groups excluding tert-OH is 1. The topological polar surface area (TPSA) is 98.3 Å². The summed E-state index contributed by atoms with van der Waals surface area (Å²) in [5.41, 5.74) is 1.39. The fourth-order valence-electron chi connectivity index (χ4n) is 4.52. The van der Waals surface area contributed by atoms with Crippen molar-refractivity contribution < 1.29 is 14.7 Å².